The first-order valence-electron chi connectivity index (χ1n) is 13.5. The van der Waals surface area contributed by atoms with Crippen molar-refractivity contribution in [2.24, 2.45) is 11.8 Å². The van der Waals surface area contributed by atoms with E-state index in [0.717, 1.165) is 11.3 Å². The molecule has 2 N–H and O–H groups in total. The van der Waals surface area contributed by atoms with Gasteiger partial charge in [-0.3, -0.25) is 4.79 Å². The van der Waals surface area contributed by atoms with Crippen molar-refractivity contribution < 1.29 is 34.0 Å². The van der Waals surface area contributed by atoms with Crippen molar-refractivity contribution in [2.75, 3.05) is 20.3 Å². The Morgan fingerprint density at radius 3 is 1.92 bits per heavy atom. The van der Waals surface area contributed by atoms with Crippen molar-refractivity contribution in [1.29, 1.82) is 0 Å². The maximum absolute atomic E-state index is 11.3. The number of ketones is 1. The number of carbonyl (C=O) groups is 1. The second-order valence-electron chi connectivity index (χ2n) is 10.2. The SMILES string of the molecule is CC(=O)c1c(O)cccc1OCC1CC1.COc1ccc(COc2cccc(OCC3CC3)c2C(C)O)cc1. The molecule has 5 rings (SSSR count). The van der Waals surface area contributed by atoms with Gasteiger partial charge in [-0.25, -0.2) is 0 Å². The highest BCUT2D eigenvalue weighted by molar-refractivity contribution is 5.99. The number of Topliss-reactive ketones (excluding diaryl/α,β-unsaturated/α-hetero) is 1. The topological polar surface area (TPSA) is 94.5 Å². The van der Waals surface area contributed by atoms with E-state index in [9.17, 15) is 15.0 Å². The predicted octanol–water partition coefficient (Wildman–Crippen LogP) is 6.50. The molecule has 3 aromatic rings. The molecule has 0 radical (unpaired) electrons. The van der Waals surface area contributed by atoms with E-state index in [2.05, 4.69) is 0 Å². The van der Waals surface area contributed by atoms with Gasteiger partial charge in [0, 0.05) is 0 Å². The standard InChI is InChI=1S/C20H24O4.C12H14O3/c1-14(21)20-18(23-12-15-6-7-15)4-3-5-19(20)24-13-16-8-10-17(22-2)11-9-16;1-8(13)12-10(14)3-2-4-11(12)15-7-9-5-6-9/h3-5,8-11,14-15,21H,6-7,12-13H2,1-2H3;2-4,9,14H,5-7H2,1H3. The van der Waals surface area contributed by atoms with E-state index >= 15 is 0 Å². The van der Waals surface area contributed by atoms with E-state index in [1.807, 2.05) is 42.5 Å². The number of aliphatic hydroxyl groups excluding tert-OH is 1. The lowest BCUT2D eigenvalue weighted by atomic mass is 10.1. The van der Waals surface area contributed by atoms with Crippen LogP contribution in [-0.4, -0.2) is 36.3 Å². The molecule has 0 amide bonds. The van der Waals surface area contributed by atoms with Crippen LogP contribution < -0.4 is 18.9 Å². The normalized spacial score (nSPS) is 15.0. The third-order valence-corrected chi connectivity index (χ3v) is 6.70. The molecule has 0 spiro atoms. The van der Waals surface area contributed by atoms with E-state index in [0.29, 0.717) is 54.5 Å². The molecular formula is C32H38O7. The van der Waals surface area contributed by atoms with Crippen molar-refractivity contribution in [2.45, 2.75) is 52.2 Å². The molecule has 39 heavy (non-hydrogen) atoms. The van der Waals surface area contributed by atoms with Gasteiger partial charge in [-0.2, -0.15) is 0 Å². The van der Waals surface area contributed by atoms with Gasteiger partial charge in [0.15, 0.2) is 5.78 Å². The lowest BCUT2D eigenvalue weighted by Crippen LogP contribution is -2.06. The number of carbonyl (C=O) groups excluding carboxylic acids is 1. The molecule has 1 atom stereocenters. The Morgan fingerprint density at radius 1 is 0.846 bits per heavy atom. The number of rotatable bonds is 12. The first kappa shape index (κ1) is 28.3. The van der Waals surface area contributed by atoms with Crippen molar-refractivity contribution in [1.82, 2.24) is 0 Å². The first-order valence-corrected chi connectivity index (χ1v) is 13.5. The number of methoxy groups -OCH3 is 1. The number of ether oxygens (including phenoxy) is 4. The van der Waals surface area contributed by atoms with Crippen LogP contribution in [-0.2, 0) is 6.61 Å². The van der Waals surface area contributed by atoms with Crippen molar-refractivity contribution in [3.63, 3.8) is 0 Å². The van der Waals surface area contributed by atoms with Gasteiger partial charge in [0.1, 0.15) is 40.9 Å². The molecule has 0 heterocycles. The molecule has 7 heteroatoms. The average Bonchev–Trinajstić information content (AvgIpc) is 3.85. The highest BCUT2D eigenvalue weighted by Gasteiger charge is 2.24. The van der Waals surface area contributed by atoms with Gasteiger partial charge >= 0.3 is 0 Å². The van der Waals surface area contributed by atoms with Crippen LogP contribution >= 0.6 is 0 Å². The molecule has 2 aliphatic carbocycles. The molecular weight excluding hydrogens is 496 g/mol. The fraction of sp³-hybridized carbons (Fsp3) is 0.406. The summed E-state index contributed by atoms with van der Waals surface area (Å²) in [7, 11) is 1.65. The fourth-order valence-electron chi connectivity index (χ4n) is 4.05. The lowest BCUT2D eigenvalue weighted by Gasteiger charge is -2.18. The van der Waals surface area contributed by atoms with E-state index in [4.69, 9.17) is 18.9 Å². The first-order chi connectivity index (χ1) is 18.9. The predicted molar refractivity (Wildman–Crippen MR) is 149 cm³/mol. The lowest BCUT2D eigenvalue weighted by molar-refractivity contribution is 0.101. The summed E-state index contributed by atoms with van der Waals surface area (Å²) >= 11 is 0. The Labute approximate surface area is 230 Å². The molecule has 2 aliphatic rings. The molecule has 3 aromatic carbocycles. The second kappa shape index (κ2) is 13.4. The molecule has 7 nitrogen and oxygen atoms in total. The summed E-state index contributed by atoms with van der Waals surface area (Å²) in [5, 5.41) is 19.7. The highest BCUT2D eigenvalue weighted by atomic mass is 16.5. The smallest absolute Gasteiger partial charge is 0.167 e. The van der Waals surface area contributed by atoms with Gasteiger partial charge in [-0.05, 0) is 93.3 Å². The number of hydrogen-bond donors (Lipinski definition) is 2. The van der Waals surface area contributed by atoms with Crippen molar-refractivity contribution >= 4 is 5.78 Å². The van der Waals surface area contributed by atoms with E-state index in [1.54, 1.807) is 26.2 Å². The monoisotopic (exact) mass is 534 g/mol. The van der Waals surface area contributed by atoms with Crippen LogP contribution in [0.15, 0.2) is 60.7 Å². The van der Waals surface area contributed by atoms with Gasteiger partial charge in [0.2, 0.25) is 0 Å². The van der Waals surface area contributed by atoms with Crippen molar-refractivity contribution in [3.8, 4) is 28.7 Å². The Morgan fingerprint density at radius 2 is 1.38 bits per heavy atom. The summed E-state index contributed by atoms with van der Waals surface area (Å²) in [5.41, 5.74) is 2.04. The zero-order valence-corrected chi connectivity index (χ0v) is 22.9. The summed E-state index contributed by atoms with van der Waals surface area (Å²) in [6, 6.07) is 18.3. The summed E-state index contributed by atoms with van der Waals surface area (Å²) in [6.45, 7) is 4.94. The number of phenolic OH excluding ortho intramolecular Hbond substituents is 1. The van der Waals surface area contributed by atoms with Crippen molar-refractivity contribution in [3.05, 3.63) is 77.4 Å². The fourth-order valence-corrected chi connectivity index (χ4v) is 4.05. The van der Waals surface area contributed by atoms with Crippen LogP contribution in [0.25, 0.3) is 0 Å². The number of aliphatic hydroxyl groups is 1. The Hall–Kier alpha value is -3.71. The van der Waals surface area contributed by atoms with E-state index < -0.39 is 6.10 Å². The summed E-state index contributed by atoms with van der Waals surface area (Å²) in [6.07, 6.45) is 4.23. The largest absolute Gasteiger partial charge is 0.507 e. The minimum absolute atomic E-state index is 0.00389. The maximum atomic E-state index is 11.3. The molecule has 0 bridgehead atoms. The quantitative estimate of drug-likeness (QED) is 0.256. The minimum Gasteiger partial charge on any atom is -0.507 e. The average molecular weight is 535 g/mol. The molecule has 0 aromatic heterocycles. The molecule has 208 valence electrons. The van der Waals surface area contributed by atoms with Crippen LogP contribution in [0, 0.1) is 11.8 Å². The van der Waals surface area contributed by atoms with Gasteiger partial charge in [0.05, 0.1) is 32.0 Å². The maximum Gasteiger partial charge on any atom is 0.167 e. The number of aromatic hydroxyl groups is 1. The van der Waals surface area contributed by atoms with E-state index in [-0.39, 0.29) is 17.1 Å². The van der Waals surface area contributed by atoms with Crippen LogP contribution in [0.1, 0.15) is 67.1 Å². The van der Waals surface area contributed by atoms with Gasteiger partial charge < -0.3 is 29.2 Å². The van der Waals surface area contributed by atoms with E-state index in [1.165, 1.54) is 38.7 Å². The third-order valence-electron chi connectivity index (χ3n) is 6.70. The Bertz CT molecular complexity index is 1230. The Balaban J connectivity index is 0.000000202. The Kier molecular flexibility index (Phi) is 9.71. The van der Waals surface area contributed by atoms with Crippen LogP contribution in [0.4, 0.5) is 0 Å². The molecule has 2 saturated carbocycles. The van der Waals surface area contributed by atoms with Gasteiger partial charge in [-0.15, -0.1) is 0 Å². The van der Waals surface area contributed by atoms with Gasteiger partial charge in [-0.1, -0.05) is 24.3 Å². The minimum atomic E-state index is -0.647. The molecule has 1 unspecified atom stereocenters. The van der Waals surface area contributed by atoms with Crippen LogP contribution in [0.3, 0.4) is 0 Å². The van der Waals surface area contributed by atoms with Crippen LogP contribution in [0.2, 0.25) is 0 Å². The zero-order chi connectivity index (χ0) is 27.8. The summed E-state index contributed by atoms with van der Waals surface area (Å²) in [4.78, 5) is 11.3. The molecule has 2 fully saturated rings. The van der Waals surface area contributed by atoms with Crippen LogP contribution in [0.5, 0.6) is 28.7 Å². The molecule has 0 saturated heterocycles. The number of phenols is 1. The number of hydrogen-bond acceptors (Lipinski definition) is 7. The summed E-state index contributed by atoms with van der Waals surface area (Å²) < 4.78 is 22.5. The zero-order valence-electron chi connectivity index (χ0n) is 22.9. The highest BCUT2D eigenvalue weighted by Crippen LogP contribution is 2.37. The number of benzene rings is 3. The molecule has 0 aliphatic heterocycles. The summed E-state index contributed by atoms with van der Waals surface area (Å²) in [5.74, 6) is 3.81. The van der Waals surface area contributed by atoms with Gasteiger partial charge in [0.25, 0.3) is 0 Å². The third kappa shape index (κ3) is 8.39. The second-order valence-corrected chi connectivity index (χ2v) is 10.2.